The molecular formula is C9H13N3O3. The number of carbonyl (C=O) groups is 2. The molecule has 0 unspecified atom stereocenters. The minimum atomic E-state index is -0.968. The van der Waals surface area contributed by atoms with Crippen molar-refractivity contribution in [3.8, 4) is 0 Å². The van der Waals surface area contributed by atoms with Crippen LogP contribution in [0.4, 0.5) is 5.82 Å². The first-order valence-electron chi connectivity index (χ1n) is 4.67. The monoisotopic (exact) mass is 211 g/mol. The van der Waals surface area contributed by atoms with Gasteiger partial charge in [-0.25, -0.2) is 0 Å². The molecule has 15 heavy (non-hydrogen) atoms. The molecule has 1 aromatic rings. The van der Waals surface area contributed by atoms with Crippen molar-refractivity contribution in [2.75, 3.05) is 5.32 Å². The van der Waals surface area contributed by atoms with E-state index in [0.29, 0.717) is 12.2 Å². The van der Waals surface area contributed by atoms with Gasteiger partial charge < -0.3 is 10.4 Å². The Morgan fingerprint density at radius 3 is 2.93 bits per heavy atom. The van der Waals surface area contributed by atoms with Gasteiger partial charge in [-0.15, -0.1) is 0 Å². The van der Waals surface area contributed by atoms with Crippen LogP contribution in [-0.4, -0.2) is 26.8 Å². The van der Waals surface area contributed by atoms with E-state index in [0.717, 1.165) is 6.42 Å². The fourth-order valence-corrected chi connectivity index (χ4v) is 1.09. The molecule has 82 valence electrons. The van der Waals surface area contributed by atoms with Crippen molar-refractivity contribution in [3.05, 3.63) is 12.3 Å². The maximum Gasteiger partial charge on any atom is 0.325 e. The number of aromatic nitrogens is 2. The van der Waals surface area contributed by atoms with Crippen LogP contribution in [0.15, 0.2) is 12.3 Å². The number of hydrogen-bond donors (Lipinski definition) is 2. The van der Waals surface area contributed by atoms with Crippen LogP contribution in [0.2, 0.25) is 0 Å². The molecule has 0 atom stereocenters. The molecule has 0 fully saturated rings. The zero-order valence-corrected chi connectivity index (χ0v) is 8.43. The summed E-state index contributed by atoms with van der Waals surface area (Å²) in [6.07, 6.45) is 2.71. The van der Waals surface area contributed by atoms with Crippen LogP contribution in [0.1, 0.15) is 19.8 Å². The minimum absolute atomic E-state index is 0.113. The molecule has 1 heterocycles. The lowest BCUT2D eigenvalue weighted by Gasteiger charge is -1.99. The number of rotatable bonds is 5. The predicted molar refractivity (Wildman–Crippen MR) is 53.4 cm³/mol. The fourth-order valence-electron chi connectivity index (χ4n) is 1.09. The lowest BCUT2D eigenvalue weighted by molar-refractivity contribution is -0.137. The molecule has 1 aromatic heterocycles. The highest BCUT2D eigenvalue weighted by Crippen LogP contribution is 2.03. The molecule has 1 rings (SSSR count). The van der Waals surface area contributed by atoms with Crippen LogP contribution in [0.25, 0.3) is 0 Å². The molecule has 6 heteroatoms. The average Bonchev–Trinajstić information content (AvgIpc) is 2.51. The van der Waals surface area contributed by atoms with Crippen molar-refractivity contribution < 1.29 is 14.7 Å². The number of nitrogens with zero attached hydrogens (tertiary/aromatic N) is 2. The lowest BCUT2D eigenvalue weighted by atomic mass is 10.3. The second-order valence-electron chi connectivity index (χ2n) is 3.09. The molecular weight excluding hydrogens is 198 g/mol. The average molecular weight is 211 g/mol. The van der Waals surface area contributed by atoms with E-state index < -0.39 is 5.97 Å². The summed E-state index contributed by atoms with van der Waals surface area (Å²) in [5.41, 5.74) is 0. The second-order valence-corrected chi connectivity index (χ2v) is 3.09. The smallest absolute Gasteiger partial charge is 0.325 e. The van der Waals surface area contributed by atoms with Crippen molar-refractivity contribution in [1.29, 1.82) is 0 Å². The standard InChI is InChI=1S/C9H13N3O3/c1-2-3-8(13)10-7-4-5-12(11-7)6-9(14)15/h4-5H,2-3,6H2,1H3,(H,14,15)(H,10,11,13). The van der Waals surface area contributed by atoms with E-state index in [1.165, 1.54) is 10.9 Å². The van der Waals surface area contributed by atoms with Gasteiger partial charge >= 0.3 is 5.97 Å². The first-order valence-corrected chi connectivity index (χ1v) is 4.67. The minimum Gasteiger partial charge on any atom is -0.480 e. The number of anilines is 1. The number of carboxylic acids is 1. The number of carboxylic acid groups (broad SMARTS) is 1. The Bertz CT molecular complexity index is 359. The first-order chi connectivity index (χ1) is 7.11. The maximum absolute atomic E-state index is 11.2. The van der Waals surface area contributed by atoms with E-state index in [1.54, 1.807) is 6.07 Å². The van der Waals surface area contributed by atoms with Gasteiger partial charge in [-0.1, -0.05) is 6.92 Å². The van der Waals surface area contributed by atoms with Gasteiger partial charge in [-0.3, -0.25) is 14.3 Å². The van der Waals surface area contributed by atoms with Gasteiger partial charge in [0.15, 0.2) is 5.82 Å². The number of aliphatic carboxylic acids is 1. The van der Waals surface area contributed by atoms with E-state index >= 15 is 0 Å². The molecule has 1 amide bonds. The van der Waals surface area contributed by atoms with Crippen molar-refractivity contribution in [2.24, 2.45) is 0 Å². The number of carbonyl (C=O) groups excluding carboxylic acids is 1. The van der Waals surface area contributed by atoms with Gasteiger partial charge in [0.2, 0.25) is 5.91 Å². The van der Waals surface area contributed by atoms with E-state index in [1.807, 2.05) is 6.92 Å². The summed E-state index contributed by atoms with van der Waals surface area (Å²) in [7, 11) is 0. The molecule has 0 aromatic carbocycles. The Morgan fingerprint density at radius 1 is 1.60 bits per heavy atom. The zero-order chi connectivity index (χ0) is 11.3. The number of hydrogen-bond acceptors (Lipinski definition) is 3. The molecule has 6 nitrogen and oxygen atoms in total. The SMILES string of the molecule is CCCC(=O)Nc1ccn(CC(=O)O)n1. The summed E-state index contributed by atoms with van der Waals surface area (Å²) in [5.74, 6) is -0.697. The molecule has 0 bridgehead atoms. The molecule has 0 saturated heterocycles. The third kappa shape index (κ3) is 3.80. The van der Waals surface area contributed by atoms with Gasteiger partial charge in [-0.2, -0.15) is 5.10 Å². The third-order valence-electron chi connectivity index (χ3n) is 1.68. The summed E-state index contributed by atoms with van der Waals surface area (Å²) in [4.78, 5) is 21.5. The first kappa shape index (κ1) is 11.2. The topological polar surface area (TPSA) is 84.2 Å². The van der Waals surface area contributed by atoms with Crippen LogP contribution in [0.5, 0.6) is 0 Å². The second kappa shape index (κ2) is 5.14. The summed E-state index contributed by atoms with van der Waals surface area (Å²) in [5, 5.41) is 14.9. The van der Waals surface area contributed by atoms with Crippen LogP contribution in [0, 0.1) is 0 Å². The Labute approximate surface area is 86.9 Å². The van der Waals surface area contributed by atoms with Gasteiger partial charge in [0.1, 0.15) is 6.54 Å². The largest absolute Gasteiger partial charge is 0.480 e. The van der Waals surface area contributed by atoms with Gasteiger partial charge in [0.05, 0.1) is 0 Å². The Hall–Kier alpha value is -1.85. The fraction of sp³-hybridized carbons (Fsp3) is 0.444. The van der Waals surface area contributed by atoms with Crippen molar-refractivity contribution in [1.82, 2.24) is 9.78 Å². The molecule has 0 saturated carbocycles. The van der Waals surface area contributed by atoms with Crippen LogP contribution >= 0.6 is 0 Å². The summed E-state index contributed by atoms with van der Waals surface area (Å²) < 4.78 is 1.25. The van der Waals surface area contributed by atoms with Crippen molar-refractivity contribution >= 4 is 17.7 Å². The summed E-state index contributed by atoms with van der Waals surface area (Å²) in [6, 6.07) is 1.57. The number of amides is 1. The molecule has 0 aliphatic heterocycles. The molecule has 2 N–H and O–H groups in total. The quantitative estimate of drug-likeness (QED) is 0.751. The molecule has 0 radical (unpaired) electrons. The van der Waals surface area contributed by atoms with Crippen LogP contribution in [0.3, 0.4) is 0 Å². The summed E-state index contributed by atoms with van der Waals surface area (Å²) in [6.45, 7) is 1.70. The number of nitrogens with one attached hydrogen (secondary N) is 1. The molecule has 0 aliphatic carbocycles. The van der Waals surface area contributed by atoms with Gasteiger partial charge in [0.25, 0.3) is 0 Å². The maximum atomic E-state index is 11.2. The lowest BCUT2D eigenvalue weighted by Crippen LogP contribution is -2.13. The Balaban J connectivity index is 2.52. The summed E-state index contributed by atoms with van der Waals surface area (Å²) >= 11 is 0. The normalized spacial score (nSPS) is 9.93. The molecule has 0 spiro atoms. The van der Waals surface area contributed by atoms with Crippen LogP contribution in [-0.2, 0) is 16.1 Å². The molecule has 0 aliphatic rings. The van der Waals surface area contributed by atoms with Crippen molar-refractivity contribution in [2.45, 2.75) is 26.3 Å². The van der Waals surface area contributed by atoms with Gasteiger partial charge in [0, 0.05) is 18.7 Å². The van der Waals surface area contributed by atoms with Crippen LogP contribution < -0.4 is 5.32 Å². The Morgan fingerprint density at radius 2 is 2.33 bits per heavy atom. The highest BCUT2D eigenvalue weighted by Gasteiger charge is 2.05. The van der Waals surface area contributed by atoms with E-state index in [-0.39, 0.29) is 12.5 Å². The predicted octanol–water partition coefficient (Wildman–Crippen LogP) is 0.706. The highest BCUT2D eigenvalue weighted by molar-refractivity contribution is 5.89. The van der Waals surface area contributed by atoms with E-state index in [2.05, 4.69) is 10.4 Å². The van der Waals surface area contributed by atoms with Crippen molar-refractivity contribution in [3.63, 3.8) is 0 Å². The zero-order valence-electron chi connectivity index (χ0n) is 8.43. The third-order valence-corrected chi connectivity index (χ3v) is 1.68. The highest BCUT2D eigenvalue weighted by atomic mass is 16.4. The van der Waals surface area contributed by atoms with Gasteiger partial charge in [-0.05, 0) is 6.42 Å². The van der Waals surface area contributed by atoms with E-state index in [4.69, 9.17) is 5.11 Å². The Kier molecular flexibility index (Phi) is 3.84. The van der Waals surface area contributed by atoms with E-state index in [9.17, 15) is 9.59 Å².